The zero-order chi connectivity index (χ0) is 13.8. The van der Waals surface area contributed by atoms with Crippen molar-refractivity contribution >= 4 is 11.3 Å². The summed E-state index contributed by atoms with van der Waals surface area (Å²) in [6.45, 7) is 2.57. The van der Waals surface area contributed by atoms with Gasteiger partial charge in [-0.3, -0.25) is 4.90 Å². The van der Waals surface area contributed by atoms with E-state index in [0.717, 1.165) is 19.1 Å². The number of rotatable bonds is 6. The number of thiophene rings is 1. The molecule has 0 bridgehead atoms. The van der Waals surface area contributed by atoms with Gasteiger partial charge in [-0.05, 0) is 37.1 Å². The fourth-order valence-corrected chi connectivity index (χ4v) is 4.36. The molecular formula is C17H27NOS. The Morgan fingerprint density at radius 2 is 1.95 bits per heavy atom. The quantitative estimate of drug-likeness (QED) is 0.800. The molecule has 0 unspecified atom stereocenters. The van der Waals surface area contributed by atoms with Gasteiger partial charge in [0.05, 0.1) is 0 Å². The molecule has 2 saturated carbocycles. The van der Waals surface area contributed by atoms with Crippen molar-refractivity contribution in [2.24, 2.45) is 5.41 Å². The van der Waals surface area contributed by atoms with Crippen LogP contribution in [0.25, 0.3) is 0 Å². The Labute approximate surface area is 126 Å². The average Bonchev–Trinajstić information content (AvgIpc) is 3.23. The summed E-state index contributed by atoms with van der Waals surface area (Å²) in [5.41, 5.74) is 0.177. The standard InChI is InChI=1S/C17H27NOS/c19-14-17(9-3-1-2-4-10-17)13-18(15-7-8-15)12-16-6-5-11-20-16/h5-6,11,15,19H,1-4,7-10,12-14H2. The number of aliphatic hydroxyl groups excluding tert-OH is 1. The minimum absolute atomic E-state index is 0.177. The van der Waals surface area contributed by atoms with Crippen LogP contribution in [0.5, 0.6) is 0 Å². The Morgan fingerprint density at radius 3 is 2.50 bits per heavy atom. The molecule has 0 atom stereocenters. The second kappa shape index (κ2) is 6.59. The molecule has 2 nitrogen and oxygen atoms in total. The lowest BCUT2D eigenvalue weighted by Crippen LogP contribution is -2.40. The van der Waals surface area contributed by atoms with Gasteiger partial charge in [-0.2, -0.15) is 0 Å². The highest BCUT2D eigenvalue weighted by molar-refractivity contribution is 7.09. The maximum atomic E-state index is 10.0. The molecule has 1 N–H and O–H groups in total. The summed E-state index contributed by atoms with van der Waals surface area (Å²) in [4.78, 5) is 4.13. The largest absolute Gasteiger partial charge is 0.396 e. The molecule has 1 heterocycles. The van der Waals surface area contributed by atoms with Gasteiger partial charge in [0.15, 0.2) is 0 Å². The summed E-state index contributed by atoms with van der Waals surface area (Å²) in [5, 5.41) is 12.2. The third-order valence-electron chi connectivity index (χ3n) is 5.04. The van der Waals surface area contributed by atoms with Gasteiger partial charge in [0.25, 0.3) is 0 Å². The molecule has 0 aromatic carbocycles. The van der Waals surface area contributed by atoms with E-state index in [9.17, 15) is 5.11 Å². The molecule has 0 amide bonds. The minimum Gasteiger partial charge on any atom is -0.396 e. The van der Waals surface area contributed by atoms with Crippen LogP contribution in [0.1, 0.15) is 56.2 Å². The summed E-state index contributed by atoms with van der Waals surface area (Å²) in [7, 11) is 0. The lowest BCUT2D eigenvalue weighted by molar-refractivity contribution is 0.0532. The molecule has 2 aliphatic rings. The molecule has 0 aliphatic heterocycles. The van der Waals surface area contributed by atoms with Crippen LogP contribution in [0.15, 0.2) is 17.5 Å². The fourth-order valence-electron chi connectivity index (χ4n) is 3.63. The first kappa shape index (κ1) is 14.6. The van der Waals surface area contributed by atoms with E-state index in [4.69, 9.17) is 0 Å². The normalized spacial score (nSPS) is 22.9. The van der Waals surface area contributed by atoms with E-state index in [2.05, 4.69) is 22.4 Å². The van der Waals surface area contributed by atoms with Crippen molar-refractivity contribution < 1.29 is 5.11 Å². The average molecular weight is 293 g/mol. The van der Waals surface area contributed by atoms with Crippen LogP contribution in [0.3, 0.4) is 0 Å². The highest BCUT2D eigenvalue weighted by Gasteiger charge is 2.37. The Bertz CT molecular complexity index is 391. The highest BCUT2D eigenvalue weighted by Crippen LogP contribution is 2.39. The summed E-state index contributed by atoms with van der Waals surface area (Å²) in [5.74, 6) is 0. The summed E-state index contributed by atoms with van der Waals surface area (Å²) < 4.78 is 0. The van der Waals surface area contributed by atoms with Crippen molar-refractivity contribution in [1.29, 1.82) is 0 Å². The van der Waals surface area contributed by atoms with Crippen LogP contribution < -0.4 is 0 Å². The number of hydrogen-bond acceptors (Lipinski definition) is 3. The van der Waals surface area contributed by atoms with Gasteiger partial charge < -0.3 is 5.11 Å². The van der Waals surface area contributed by atoms with E-state index in [-0.39, 0.29) is 5.41 Å². The van der Waals surface area contributed by atoms with Crippen LogP contribution in [0, 0.1) is 5.41 Å². The zero-order valence-corrected chi connectivity index (χ0v) is 13.2. The second-order valence-corrected chi connectivity index (χ2v) is 7.82. The Hall–Kier alpha value is -0.380. The summed E-state index contributed by atoms with van der Waals surface area (Å²) in [6.07, 6.45) is 10.5. The maximum absolute atomic E-state index is 10.0. The topological polar surface area (TPSA) is 23.5 Å². The van der Waals surface area contributed by atoms with Gasteiger partial charge in [0, 0.05) is 36.0 Å². The number of nitrogens with zero attached hydrogens (tertiary/aromatic N) is 1. The van der Waals surface area contributed by atoms with Crippen LogP contribution in [0.2, 0.25) is 0 Å². The SMILES string of the molecule is OCC1(CN(Cc2cccs2)C2CC2)CCCCCC1. The Morgan fingerprint density at radius 1 is 1.20 bits per heavy atom. The summed E-state index contributed by atoms with van der Waals surface area (Å²) in [6, 6.07) is 5.18. The van der Waals surface area contributed by atoms with Gasteiger partial charge >= 0.3 is 0 Å². The van der Waals surface area contributed by atoms with E-state index in [1.54, 1.807) is 0 Å². The Kier molecular flexibility index (Phi) is 4.79. The Balaban J connectivity index is 1.67. The van der Waals surface area contributed by atoms with E-state index in [0.29, 0.717) is 6.61 Å². The molecule has 3 heteroatoms. The maximum Gasteiger partial charge on any atom is 0.0499 e. The van der Waals surface area contributed by atoms with Crippen molar-refractivity contribution in [1.82, 2.24) is 4.90 Å². The fraction of sp³-hybridized carbons (Fsp3) is 0.765. The molecular weight excluding hydrogens is 266 g/mol. The first-order valence-corrected chi connectivity index (χ1v) is 9.07. The van der Waals surface area contributed by atoms with Crippen LogP contribution in [0.4, 0.5) is 0 Å². The van der Waals surface area contributed by atoms with Gasteiger partial charge in [-0.25, -0.2) is 0 Å². The first-order valence-electron chi connectivity index (χ1n) is 8.19. The molecule has 1 aromatic rings. The van der Waals surface area contributed by atoms with Gasteiger partial charge in [-0.1, -0.05) is 31.7 Å². The summed E-state index contributed by atoms with van der Waals surface area (Å²) >= 11 is 1.86. The number of aliphatic hydroxyl groups is 1. The lowest BCUT2D eigenvalue weighted by atomic mass is 9.80. The first-order chi connectivity index (χ1) is 9.81. The van der Waals surface area contributed by atoms with Crippen molar-refractivity contribution in [3.05, 3.63) is 22.4 Å². The van der Waals surface area contributed by atoms with Crippen LogP contribution in [-0.2, 0) is 6.54 Å². The van der Waals surface area contributed by atoms with Gasteiger partial charge in [0.2, 0.25) is 0 Å². The molecule has 2 aliphatic carbocycles. The molecule has 112 valence electrons. The molecule has 0 radical (unpaired) electrons. The molecule has 0 spiro atoms. The zero-order valence-electron chi connectivity index (χ0n) is 12.4. The monoisotopic (exact) mass is 293 g/mol. The van der Waals surface area contributed by atoms with E-state index >= 15 is 0 Å². The van der Waals surface area contributed by atoms with Crippen LogP contribution >= 0.6 is 11.3 Å². The van der Waals surface area contributed by atoms with E-state index in [1.165, 1.54) is 56.2 Å². The van der Waals surface area contributed by atoms with Crippen molar-refractivity contribution in [2.45, 2.75) is 64.0 Å². The molecule has 2 fully saturated rings. The van der Waals surface area contributed by atoms with Crippen molar-refractivity contribution in [2.75, 3.05) is 13.2 Å². The lowest BCUT2D eigenvalue weighted by Gasteiger charge is -2.36. The van der Waals surface area contributed by atoms with Gasteiger partial charge in [-0.15, -0.1) is 11.3 Å². The van der Waals surface area contributed by atoms with Crippen LogP contribution in [-0.4, -0.2) is 29.2 Å². The van der Waals surface area contributed by atoms with Crippen molar-refractivity contribution in [3.63, 3.8) is 0 Å². The van der Waals surface area contributed by atoms with E-state index in [1.807, 2.05) is 11.3 Å². The molecule has 20 heavy (non-hydrogen) atoms. The number of hydrogen-bond donors (Lipinski definition) is 1. The van der Waals surface area contributed by atoms with Gasteiger partial charge in [0.1, 0.15) is 0 Å². The molecule has 3 rings (SSSR count). The third-order valence-corrected chi connectivity index (χ3v) is 5.90. The second-order valence-electron chi connectivity index (χ2n) is 6.79. The third kappa shape index (κ3) is 3.63. The molecule has 1 aromatic heterocycles. The predicted molar refractivity (Wildman–Crippen MR) is 85.0 cm³/mol. The van der Waals surface area contributed by atoms with E-state index < -0.39 is 0 Å². The van der Waals surface area contributed by atoms with Crippen molar-refractivity contribution in [3.8, 4) is 0 Å². The smallest absolute Gasteiger partial charge is 0.0499 e. The minimum atomic E-state index is 0.177. The molecule has 0 saturated heterocycles. The highest BCUT2D eigenvalue weighted by atomic mass is 32.1. The predicted octanol–water partition coefficient (Wildman–Crippen LogP) is 4.05.